The third-order valence-corrected chi connectivity index (χ3v) is 3.59. The van der Waals surface area contributed by atoms with Gasteiger partial charge in [0.2, 0.25) is 5.91 Å². The van der Waals surface area contributed by atoms with Crippen LogP contribution in [0.4, 0.5) is 0 Å². The van der Waals surface area contributed by atoms with E-state index in [0.29, 0.717) is 0 Å². The summed E-state index contributed by atoms with van der Waals surface area (Å²) < 4.78 is 16.5. The van der Waals surface area contributed by atoms with Gasteiger partial charge in [-0.2, -0.15) is 0 Å². The Morgan fingerprint density at radius 3 is 2.12 bits per heavy atom. The zero-order chi connectivity index (χ0) is 12.6. The van der Waals surface area contributed by atoms with Gasteiger partial charge in [-0.15, -0.1) is 0 Å². The zero-order valence-corrected chi connectivity index (χ0v) is 10.8. The largest absolute Gasteiger partial charge is 0.353 e. The second-order valence-electron chi connectivity index (χ2n) is 4.45. The first kappa shape index (κ1) is 13.4. The van der Waals surface area contributed by atoms with E-state index in [9.17, 15) is 4.79 Å². The van der Waals surface area contributed by atoms with Crippen LogP contribution in [0.2, 0.25) is 0 Å². The number of ether oxygens (including phenoxy) is 3. The van der Waals surface area contributed by atoms with Crippen molar-refractivity contribution in [2.45, 2.75) is 39.4 Å². The summed E-state index contributed by atoms with van der Waals surface area (Å²) in [5.74, 6) is -1.95. The van der Waals surface area contributed by atoms with Crippen LogP contribution in [0.15, 0.2) is 0 Å². The van der Waals surface area contributed by atoms with E-state index in [4.69, 9.17) is 14.2 Å². The monoisotopic (exact) mass is 231 g/mol. The Labute approximate surface area is 96.4 Å². The highest BCUT2D eigenvalue weighted by Crippen LogP contribution is 2.46. The summed E-state index contributed by atoms with van der Waals surface area (Å²) >= 11 is 0. The van der Waals surface area contributed by atoms with Crippen molar-refractivity contribution in [3.8, 4) is 0 Å². The van der Waals surface area contributed by atoms with Crippen LogP contribution >= 0.6 is 0 Å². The van der Waals surface area contributed by atoms with Gasteiger partial charge in [0.05, 0.1) is 0 Å². The van der Waals surface area contributed by atoms with Crippen LogP contribution in [0.1, 0.15) is 27.7 Å². The lowest BCUT2D eigenvalue weighted by atomic mass is 9.89. The lowest BCUT2D eigenvalue weighted by molar-refractivity contribution is -0.318. The average molecular weight is 231 g/mol. The topological polar surface area (TPSA) is 56.8 Å². The first-order valence-electron chi connectivity index (χ1n) is 5.40. The summed E-state index contributed by atoms with van der Waals surface area (Å²) in [7, 11) is 3.10. The predicted octanol–water partition coefficient (Wildman–Crippen LogP) is 1.09. The zero-order valence-electron chi connectivity index (χ0n) is 10.8. The second kappa shape index (κ2) is 4.31. The van der Waals surface area contributed by atoms with Crippen LogP contribution in [-0.4, -0.2) is 31.8 Å². The van der Waals surface area contributed by atoms with E-state index in [1.165, 1.54) is 14.0 Å². The number of carbonyl (C=O) groups is 1. The van der Waals surface area contributed by atoms with Crippen LogP contribution in [-0.2, 0) is 19.0 Å². The summed E-state index contributed by atoms with van der Waals surface area (Å²) in [6, 6.07) is 0. The first-order valence-corrected chi connectivity index (χ1v) is 5.40. The molecule has 1 N–H and O–H groups in total. The standard InChI is InChI=1S/C11H21NO4/c1-7-8(2)11(15-6,12-9(3)13)16-10(7,4)14-5/h7-8H,1-6H3,(H,12,13). The third-order valence-electron chi connectivity index (χ3n) is 3.59. The molecule has 0 aromatic carbocycles. The molecular formula is C11H21NO4. The molecule has 0 aliphatic carbocycles. The van der Waals surface area contributed by atoms with Crippen molar-refractivity contribution < 1.29 is 19.0 Å². The molecule has 4 unspecified atom stereocenters. The molecule has 1 aliphatic heterocycles. The van der Waals surface area contributed by atoms with Crippen molar-refractivity contribution in [1.82, 2.24) is 5.32 Å². The van der Waals surface area contributed by atoms with Gasteiger partial charge in [0.25, 0.3) is 5.91 Å². The smallest absolute Gasteiger partial charge is 0.256 e. The molecular weight excluding hydrogens is 210 g/mol. The quantitative estimate of drug-likeness (QED) is 0.739. The molecule has 1 aliphatic rings. The highest BCUT2D eigenvalue weighted by atomic mass is 16.8. The Hall–Kier alpha value is -0.650. The van der Waals surface area contributed by atoms with Crippen molar-refractivity contribution in [2.24, 2.45) is 11.8 Å². The number of carbonyl (C=O) groups excluding carboxylic acids is 1. The maximum atomic E-state index is 11.2. The highest BCUT2D eigenvalue weighted by molar-refractivity contribution is 5.73. The van der Waals surface area contributed by atoms with E-state index >= 15 is 0 Å². The van der Waals surface area contributed by atoms with Gasteiger partial charge in [-0.1, -0.05) is 13.8 Å². The summed E-state index contributed by atoms with van der Waals surface area (Å²) in [5, 5.41) is 2.71. The molecule has 0 spiro atoms. The van der Waals surface area contributed by atoms with Gasteiger partial charge in [-0.25, -0.2) is 0 Å². The molecule has 1 saturated heterocycles. The van der Waals surface area contributed by atoms with Crippen molar-refractivity contribution >= 4 is 5.91 Å². The van der Waals surface area contributed by atoms with E-state index in [2.05, 4.69) is 5.32 Å². The lowest BCUT2D eigenvalue weighted by Crippen LogP contribution is -2.54. The fourth-order valence-corrected chi connectivity index (χ4v) is 2.16. The van der Waals surface area contributed by atoms with Crippen LogP contribution < -0.4 is 5.32 Å². The Morgan fingerprint density at radius 1 is 1.25 bits per heavy atom. The van der Waals surface area contributed by atoms with Crippen LogP contribution in [0.3, 0.4) is 0 Å². The summed E-state index contributed by atoms with van der Waals surface area (Å²) in [6.45, 7) is 7.26. The fraction of sp³-hybridized carbons (Fsp3) is 0.909. The molecule has 0 saturated carbocycles. The normalized spacial score (nSPS) is 43.4. The van der Waals surface area contributed by atoms with E-state index in [-0.39, 0.29) is 17.7 Å². The van der Waals surface area contributed by atoms with Crippen molar-refractivity contribution in [3.05, 3.63) is 0 Å². The molecule has 0 aromatic rings. The van der Waals surface area contributed by atoms with E-state index in [1.54, 1.807) is 7.11 Å². The average Bonchev–Trinajstić information content (AvgIpc) is 2.41. The molecule has 5 heteroatoms. The predicted molar refractivity (Wildman–Crippen MR) is 58.4 cm³/mol. The highest BCUT2D eigenvalue weighted by Gasteiger charge is 2.58. The minimum Gasteiger partial charge on any atom is -0.353 e. The molecule has 0 bridgehead atoms. The maximum absolute atomic E-state index is 11.2. The van der Waals surface area contributed by atoms with Crippen LogP contribution in [0.25, 0.3) is 0 Å². The van der Waals surface area contributed by atoms with Gasteiger partial charge in [0, 0.05) is 33.0 Å². The number of hydrogen-bond acceptors (Lipinski definition) is 4. The third kappa shape index (κ3) is 1.95. The summed E-state index contributed by atoms with van der Waals surface area (Å²) in [4.78, 5) is 11.2. The molecule has 0 aromatic heterocycles. The van der Waals surface area contributed by atoms with Crippen LogP contribution in [0, 0.1) is 11.8 Å². The Balaban J connectivity index is 3.01. The lowest BCUT2D eigenvalue weighted by Gasteiger charge is -2.33. The van der Waals surface area contributed by atoms with Gasteiger partial charge in [-0.3, -0.25) is 4.79 Å². The van der Waals surface area contributed by atoms with Crippen molar-refractivity contribution in [2.75, 3.05) is 14.2 Å². The molecule has 94 valence electrons. The minimum absolute atomic E-state index is 0.00801. The summed E-state index contributed by atoms with van der Waals surface area (Å²) in [6.07, 6.45) is 0. The summed E-state index contributed by atoms with van der Waals surface area (Å²) in [5.41, 5.74) is 0. The molecule has 0 radical (unpaired) electrons. The number of methoxy groups -OCH3 is 2. The number of nitrogens with one attached hydrogen (secondary N) is 1. The second-order valence-corrected chi connectivity index (χ2v) is 4.45. The molecule has 1 rings (SSSR count). The number of hydrogen-bond donors (Lipinski definition) is 1. The Bertz CT molecular complexity index is 283. The molecule has 5 nitrogen and oxygen atoms in total. The first-order chi connectivity index (χ1) is 7.31. The molecule has 16 heavy (non-hydrogen) atoms. The van der Waals surface area contributed by atoms with E-state index < -0.39 is 11.7 Å². The molecule has 1 fully saturated rings. The minimum atomic E-state index is -1.10. The molecule has 1 amide bonds. The van der Waals surface area contributed by atoms with Gasteiger partial charge >= 0.3 is 0 Å². The number of rotatable bonds is 3. The van der Waals surface area contributed by atoms with Gasteiger partial charge < -0.3 is 19.5 Å². The maximum Gasteiger partial charge on any atom is 0.256 e. The van der Waals surface area contributed by atoms with E-state index in [0.717, 1.165) is 0 Å². The number of amides is 1. The van der Waals surface area contributed by atoms with Crippen LogP contribution in [0.5, 0.6) is 0 Å². The van der Waals surface area contributed by atoms with E-state index in [1.807, 2.05) is 20.8 Å². The SMILES string of the molecule is COC1(C)OC(NC(C)=O)(OC)C(C)C1C. The van der Waals surface area contributed by atoms with Crippen molar-refractivity contribution in [1.29, 1.82) is 0 Å². The van der Waals surface area contributed by atoms with Gasteiger partial charge in [0.1, 0.15) is 0 Å². The van der Waals surface area contributed by atoms with Gasteiger partial charge in [-0.05, 0) is 6.92 Å². The molecule has 1 heterocycles. The Morgan fingerprint density at radius 2 is 1.81 bits per heavy atom. The molecule has 4 atom stereocenters. The van der Waals surface area contributed by atoms with Crippen molar-refractivity contribution in [3.63, 3.8) is 0 Å². The fourth-order valence-electron chi connectivity index (χ4n) is 2.16. The van der Waals surface area contributed by atoms with Gasteiger partial charge in [0.15, 0.2) is 5.79 Å². The Kier molecular flexibility index (Phi) is 3.62.